The number of para-hydroxylation sites is 1. The molecule has 0 saturated heterocycles. The second kappa shape index (κ2) is 6.49. The Bertz CT molecular complexity index is 931. The van der Waals surface area contributed by atoms with Crippen molar-refractivity contribution in [3.05, 3.63) is 76.8 Å². The Kier molecular flexibility index (Phi) is 4.18. The summed E-state index contributed by atoms with van der Waals surface area (Å²) < 4.78 is 0. The van der Waals surface area contributed by atoms with Crippen LogP contribution in [0.3, 0.4) is 0 Å². The van der Waals surface area contributed by atoms with E-state index in [4.69, 9.17) is 4.98 Å². The first kappa shape index (κ1) is 16.1. The SMILES string of the molecule is CC(C)=CCN1CCc2c([nH]c3ccccc23)C1c1cccc(C)n1. The fourth-order valence-electron chi connectivity index (χ4n) is 3.84. The monoisotopic (exact) mass is 331 g/mol. The van der Waals surface area contributed by atoms with Crippen LogP contribution in [0.2, 0.25) is 0 Å². The van der Waals surface area contributed by atoms with Gasteiger partial charge in [0.15, 0.2) is 0 Å². The Morgan fingerprint density at radius 1 is 1.20 bits per heavy atom. The predicted octanol–water partition coefficient (Wildman–Crippen LogP) is 4.79. The van der Waals surface area contributed by atoms with Crippen LogP contribution in [-0.2, 0) is 6.42 Å². The minimum absolute atomic E-state index is 0.187. The number of hydrogen-bond acceptors (Lipinski definition) is 2. The number of aryl methyl sites for hydroxylation is 1. The number of nitrogens with one attached hydrogen (secondary N) is 1. The molecule has 2 aromatic heterocycles. The zero-order valence-electron chi connectivity index (χ0n) is 15.2. The fraction of sp³-hybridized carbons (Fsp3) is 0.318. The van der Waals surface area contributed by atoms with Crippen molar-refractivity contribution >= 4 is 10.9 Å². The first-order chi connectivity index (χ1) is 12.1. The predicted molar refractivity (Wildman–Crippen MR) is 104 cm³/mol. The molecule has 25 heavy (non-hydrogen) atoms. The molecule has 3 heterocycles. The Morgan fingerprint density at radius 3 is 2.84 bits per heavy atom. The van der Waals surface area contributed by atoms with E-state index in [9.17, 15) is 0 Å². The Hall–Kier alpha value is -2.39. The van der Waals surface area contributed by atoms with Crippen molar-refractivity contribution in [2.75, 3.05) is 13.1 Å². The van der Waals surface area contributed by atoms with Crippen molar-refractivity contribution in [3.63, 3.8) is 0 Å². The van der Waals surface area contributed by atoms with E-state index in [0.29, 0.717) is 0 Å². The quantitative estimate of drug-likeness (QED) is 0.700. The molecule has 1 unspecified atom stereocenters. The molecule has 128 valence electrons. The van der Waals surface area contributed by atoms with Crippen molar-refractivity contribution in [2.45, 2.75) is 33.2 Å². The molecule has 0 saturated carbocycles. The van der Waals surface area contributed by atoms with Crippen LogP contribution in [0.5, 0.6) is 0 Å². The highest BCUT2D eigenvalue weighted by Gasteiger charge is 2.31. The summed E-state index contributed by atoms with van der Waals surface area (Å²) in [5.74, 6) is 0. The second-order valence-electron chi connectivity index (χ2n) is 7.20. The maximum absolute atomic E-state index is 4.86. The number of aromatic nitrogens is 2. The average Bonchev–Trinajstić information content (AvgIpc) is 2.98. The third-order valence-electron chi connectivity index (χ3n) is 5.06. The van der Waals surface area contributed by atoms with Crippen LogP contribution in [0.4, 0.5) is 0 Å². The van der Waals surface area contributed by atoms with E-state index in [-0.39, 0.29) is 6.04 Å². The van der Waals surface area contributed by atoms with Gasteiger partial charge >= 0.3 is 0 Å². The molecular formula is C22H25N3. The number of hydrogen-bond donors (Lipinski definition) is 1. The molecule has 0 amide bonds. The van der Waals surface area contributed by atoms with Gasteiger partial charge in [0.25, 0.3) is 0 Å². The molecule has 0 spiro atoms. The third kappa shape index (κ3) is 3.00. The summed E-state index contributed by atoms with van der Waals surface area (Å²) in [4.78, 5) is 11.1. The second-order valence-corrected chi connectivity index (χ2v) is 7.20. The van der Waals surface area contributed by atoms with Crippen molar-refractivity contribution in [1.82, 2.24) is 14.9 Å². The lowest BCUT2D eigenvalue weighted by Crippen LogP contribution is -2.36. The van der Waals surface area contributed by atoms with Crippen molar-refractivity contribution in [2.24, 2.45) is 0 Å². The lowest BCUT2D eigenvalue weighted by molar-refractivity contribution is 0.230. The topological polar surface area (TPSA) is 31.9 Å². The molecule has 1 aromatic carbocycles. The van der Waals surface area contributed by atoms with Gasteiger partial charge < -0.3 is 4.98 Å². The molecule has 4 rings (SSSR count). The highest BCUT2D eigenvalue weighted by Crippen LogP contribution is 2.37. The zero-order chi connectivity index (χ0) is 17.4. The maximum Gasteiger partial charge on any atom is 0.0933 e. The molecule has 0 bridgehead atoms. The van der Waals surface area contributed by atoms with Gasteiger partial charge in [-0.15, -0.1) is 0 Å². The first-order valence-corrected chi connectivity index (χ1v) is 9.04. The lowest BCUT2D eigenvalue weighted by atomic mass is 9.94. The van der Waals surface area contributed by atoms with Crippen LogP contribution >= 0.6 is 0 Å². The van der Waals surface area contributed by atoms with Crippen LogP contribution < -0.4 is 0 Å². The summed E-state index contributed by atoms with van der Waals surface area (Å²) in [6.45, 7) is 8.41. The molecule has 1 aliphatic heterocycles. The number of nitrogens with zero attached hydrogens (tertiary/aromatic N) is 2. The molecule has 3 aromatic rings. The highest BCUT2D eigenvalue weighted by molar-refractivity contribution is 5.85. The standard InChI is InChI=1S/C22H25N3/c1-15(2)11-13-25-14-12-18-17-8-4-5-9-19(17)24-21(18)22(25)20-10-6-7-16(3)23-20/h4-11,22,24H,12-14H2,1-3H3. The number of allylic oxidation sites excluding steroid dienone is 1. The summed E-state index contributed by atoms with van der Waals surface area (Å²) in [5, 5.41) is 1.36. The molecule has 1 aliphatic rings. The summed E-state index contributed by atoms with van der Waals surface area (Å²) in [7, 11) is 0. The van der Waals surface area contributed by atoms with E-state index in [1.807, 2.05) is 0 Å². The van der Waals surface area contributed by atoms with E-state index in [1.165, 1.54) is 27.7 Å². The first-order valence-electron chi connectivity index (χ1n) is 9.04. The van der Waals surface area contributed by atoms with Gasteiger partial charge in [0.2, 0.25) is 0 Å². The molecule has 0 radical (unpaired) electrons. The van der Waals surface area contributed by atoms with Crippen LogP contribution in [0.25, 0.3) is 10.9 Å². The number of benzene rings is 1. The van der Waals surface area contributed by atoms with Gasteiger partial charge in [-0.2, -0.15) is 0 Å². The molecule has 3 nitrogen and oxygen atoms in total. The minimum atomic E-state index is 0.187. The van der Waals surface area contributed by atoms with Crippen LogP contribution in [0.15, 0.2) is 54.1 Å². The number of fused-ring (bicyclic) bond motifs is 3. The largest absolute Gasteiger partial charge is 0.357 e. The van der Waals surface area contributed by atoms with E-state index in [0.717, 1.165) is 30.9 Å². The van der Waals surface area contributed by atoms with Gasteiger partial charge in [-0.05, 0) is 51.0 Å². The molecule has 1 atom stereocenters. The molecule has 0 aliphatic carbocycles. The van der Waals surface area contributed by atoms with E-state index in [2.05, 4.69) is 79.2 Å². The number of pyridine rings is 1. The normalized spacial score (nSPS) is 17.5. The minimum Gasteiger partial charge on any atom is -0.357 e. The Morgan fingerprint density at radius 2 is 2.04 bits per heavy atom. The summed E-state index contributed by atoms with van der Waals surface area (Å²) in [6.07, 6.45) is 3.40. The summed E-state index contributed by atoms with van der Waals surface area (Å²) >= 11 is 0. The highest BCUT2D eigenvalue weighted by atomic mass is 15.2. The van der Waals surface area contributed by atoms with E-state index < -0.39 is 0 Å². The summed E-state index contributed by atoms with van der Waals surface area (Å²) in [5.41, 5.74) is 7.57. The smallest absolute Gasteiger partial charge is 0.0933 e. The lowest BCUT2D eigenvalue weighted by Gasteiger charge is -2.35. The van der Waals surface area contributed by atoms with Crippen molar-refractivity contribution < 1.29 is 0 Å². The molecular weight excluding hydrogens is 306 g/mol. The van der Waals surface area contributed by atoms with Gasteiger partial charge in [0, 0.05) is 35.4 Å². The fourth-order valence-corrected chi connectivity index (χ4v) is 3.84. The molecule has 3 heteroatoms. The van der Waals surface area contributed by atoms with Crippen LogP contribution in [0.1, 0.15) is 42.5 Å². The Balaban J connectivity index is 1.85. The third-order valence-corrected chi connectivity index (χ3v) is 5.06. The van der Waals surface area contributed by atoms with Crippen molar-refractivity contribution in [3.8, 4) is 0 Å². The van der Waals surface area contributed by atoms with Gasteiger partial charge in [-0.1, -0.05) is 35.9 Å². The van der Waals surface area contributed by atoms with Gasteiger partial charge in [-0.3, -0.25) is 9.88 Å². The number of aromatic amines is 1. The van der Waals surface area contributed by atoms with Crippen molar-refractivity contribution in [1.29, 1.82) is 0 Å². The van der Waals surface area contributed by atoms with Gasteiger partial charge in [-0.25, -0.2) is 0 Å². The van der Waals surface area contributed by atoms with E-state index in [1.54, 1.807) is 0 Å². The van der Waals surface area contributed by atoms with Gasteiger partial charge in [0.1, 0.15) is 0 Å². The molecule has 1 N–H and O–H groups in total. The van der Waals surface area contributed by atoms with E-state index >= 15 is 0 Å². The Labute approximate surface area is 149 Å². The number of H-pyrrole nitrogens is 1. The molecule has 0 fully saturated rings. The van der Waals surface area contributed by atoms with Crippen LogP contribution in [0, 0.1) is 6.92 Å². The summed E-state index contributed by atoms with van der Waals surface area (Å²) in [6, 6.07) is 15.2. The number of rotatable bonds is 3. The van der Waals surface area contributed by atoms with Crippen LogP contribution in [-0.4, -0.2) is 28.0 Å². The maximum atomic E-state index is 4.86. The zero-order valence-corrected chi connectivity index (χ0v) is 15.2. The average molecular weight is 331 g/mol. The van der Waals surface area contributed by atoms with Gasteiger partial charge in [0.05, 0.1) is 11.7 Å².